The van der Waals surface area contributed by atoms with E-state index < -0.39 is 9.84 Å². The highest BCUT2D eigenvalue weighted by Gasteiger charge is 2.10. The first-order valence-electron chi connectivity index (χ1n) is 6.62. The minimum absolute atomic E-state index is 0.222. The van der Waals surface area contributed by atoms with Gasteiger partial charge in [-0.25, -0.2) is 8.42 Å². The van der Waals surface area contributed by atoms with Crippen molar-refractivity contribution in [2.24, 2.45) is 0 Å². The van der Waals surface area contributed by atoms with Crippen LogP contribution in [-0.4, -0.2) is 14.7 Å². The maximum atomic E-state index is 11.4. The van der Waals surface area contributed by atoms with Crippen LogP contribution >= 0.6 is 0 Å². The molecule has 2 rings (SSSR count). The Hall–Kier alpha value is -1.81. The Morgan fingerprint density at radius 1 is 1.00 bits per heavy atom. The van der Waals surface area contributed by atoms with E-state index in [2.05, 4.69) is 24.4 Å². The molecule has 20 heavy (non-hydrogen) atoms. The van der Waals surface area contributed by atoms with E-state index >= 15 is 0 Å². The second-order valence-corrected chi connectivity index (χ2v) is 6.83. The Morgan fingerprint density at radius 3 is 2.10 bits per heavy atom. The lowest BCUT2D eigenvalue weighted by molar-refractivity contribution is 0.602. The van der Waals surface area contributed by atoms with Gasteiger partial charge in [0.05, 0.1) is 10.9 Å². The molecule has 0 aliphatic carbocycles. The molecule has 0 aliphatic rings. The number of sulfone groups is 1. The first kappa shape index (κ1) is 14.6. The van der Waals surface area contributed by atoms with Gasteiger partial charge in [0.25, 0.3) is 0 Å². The smallest absolute Gasteiger partial charge is 0.175 e. The number of benzene rings is 2. The third-order valence-electron chi connectivity index (χ3n) is 3.23. The summed E-state index contributed by atoms with van der Waals surface area (Å²) in [6.45, 7) is 2.12. The molecular formula is C16H19NO2S. The molecule has 1 N–H and O–H groups in total. The van der Waals surface area contributed by atoms with Crippen LogP contribution in [0.3, 0.4) is 0 Å². The molecule has 3 nitrogen and oxygen atoms in total. The molecule has 2 aromatic rings. The average molecular weight is 289 g/mol. The van der Waals surface area contributed by atoms with Crippen molar-refractivity contribution >= 4 is 15.5 Å². The van der Waals surface area contributed by atoms with Crippen molar-refractivity contribution in [1.29, 1.82) is 0 Å². The molecule has 0 saturated heterocycles. The summed E-state index contributed by atoms with van der Waals surface area (Å²) in [6, 6.07) is 17.3. The molecule has 106 valence electrons. The minimum atomic E-state index is -3.13. The Kier molecular flexibility index (Phi) is 4.45. The van der Waals surface area contributed by atoms with Gasteiger partial charge in [-0.2, -0.15) is 0 Å². The summed E-state index contributed by atoms with van der Waals surface area (Å²) in [4.78, 5) is 0.343. The monoisotopic (exact) mass is 289 g/mol. The summed E-state index contributed by atoms with van der Waals surface area (Å²) < 4.78 is 22.8. The predicted octanol–water partition coefficient (Wildman–Crippen LogP) is 3.65. The fourth-order valence-corrected chi connectivity index (χ4v) is 2.74. The van der Waals surface area contributed by atoms with Crippen LogP contribution in [0.25, 0.3) is 0 Å². The topological polar surface area (TPSA) is 46.2 Å². The molecule has 0 saturated carbocycles. The van der Waals surface area contributed by atoms with Gasteiger partial charge in [-0.15, -0.1) is 0 Å². The highest BCUT2D eigenvalue weighted by atomic mass is 32.2. The molecular weight excluding hydrogens is 270 g/mol. The highest BCUT2D eigenvalue weighted by molar-refractivity contribution is 7.90. The number of hydrogen-bond acceptors (Lipinski definition) is 3. The van der Waals surface area contributed by atoms with Crippen molar-refractivity contribution in [3.63, 3.8) is 0 Å². The zero-order valence-corrected chi connectivity index (χ0v) is 12.5. The van der Waals surface area contributed by atoms with Gasteiger partial charge < -0.3 is 5.32 Å². The van der Waals surface area contributed by atoms with E-state index in [9.17, 15) is 8.42 Å². The fourth-order valence-electron chi connectivity index (χ4n) is 2.11. The molecule has 2 aromatic carbocycles. The van der Waals surface area contributed by atoms with Gasteiger partial charge in [0.1, 0.15) is 0 Å². The fraction of sp³-hybridized carbons (Fsp3) is 0.250. The molecule has 0 radical (unpaired) electrons. The van der Waals surface area contributed by atoms with E-state index in [-0.39, 0.29) is 6.04 Å². The van der Waals surface area contributed by atoms with Crippen molar-refractivity contribution in [2.45, 2.75) is 24.3 Å². The molecule has 1 unspecified atom stereocenters. The summed E-state index contributed by atoms with van der Waals surface area (Å²) in [7, 11) is -3.13. The van der Waals surface area contributed by atoms with E-state index in [0.717, 1.165) is 12.1 Å². The molecule has 0 aliphatic heterocycles. The second-order valence-electron chi connectivity index (χ2n) is 4.81. The summed E-state index contributed by atoms with van der Waals surface area (Å²) in [6.07, 6.45) is 2.17. The number of rotatable bonds is 5. The van der Waals surface area contributed by atoms with Crippen molar-refractivity contribution in [1.82, 2.24) is 0 Å². The van der Waals surface area contributed by atoms with Crippen LogP contribution in [0.1, 0.15) is 24.9 Å². The Balaban J connectivity index is 2.17. The zero-order valence-electron chi connectivity index (χ0n) is 11.7. The van der Waals surface area contributed by atoms with E-state index in [1.54, 1.807) is 12.1 Å². The second kappa shape index (κ2) is 6.09. The number of hydrogen-bond donors (Lipinski definition) is 1. The van der Waals surface area contributed by atoms with Crippen molar-refractivity contribution in [3.05, 3.63) is 60.2 Å². The maximum Gasteiger partial charge on any atom is 0.175 e. The lowest BCUT2D eigenvalue weighted by Crippen LogP contribution is -2.09. The third kappa shape index (κ3) is 3.61. The van der Waals surface area contributed by atoms with Gasteiger partial charge in [-0.1, -0.05) is 37.3 Å². The largest absolute Gasteiger partial charge is 0.378 e. The lowest BCUT2D eigenvalue weighted by atomic mass is 10.0. The van der Waals surface area contributed by atoms with Gasteiger partial charge in [0.2, 0.25) is 0 Å². The summed E-state index contributed by atoms with van der Waals surface area (Å²) in [5.74, 6) is 0. The first-order valence-corrected chi connectivity index (χ1v) is 8.51. The van der Waals surface area contributed by atoms with Crippen LogP contribution in [0.4, 0.5) is 5.69 Å². The summed E-state index contributed by atoms with van der Waals surface area (Å²) >= 11 is 0. The molecule has 4 heteroatoms. The van der Waals surface area contributed by atoms with Gasteiger partial charge >= 0.3 is 0 Å². The molecule has 0 fully saturated rings. The van der Waals surface area contributed by atoms with E-state index in [1.807, 2.05) is 30.3 Å². The normalized spacial score (nSPS) is 12.9. The Labute approximate surface area is 120 Å². The maximum absolute atomic E-state index is 11.4. The summed E-state index contributed by atoms with van der Waals surface area (Å²) in [5.41, 5.74) is 2.15. The molecule has 0 aromatic heterocycles. The average Bonchev–Trinajstić information content (AvgIpc) is 2.45. The SMILES string of the molecule is CCC(Nc1ccc(S(C)(=O)=O)cc1)c1ccccc1. The van der Waals surface area contributed by atoms with Crippen molar-refractivity contribution in [3.8, 4) is 0 Å². The van der Waals surface area contributed by atoms with Crippen LogP contribution < -0.4 is 5.32 Å². The van der Waals surface area contributed by atoms with Crippen LogP contribution in [0.2, 0.25) is 0 Å². The number of nitrogens with one attached hydrogen (secondary N) is 1. The quantitative estimate of drug-likeness (QED) is 0.914. The predicted molar refractivity (Wildman–Crippen MR) is 82.6 cm³/mol. The molecule has 1 atom stereocenters. The first-order chi connectivity index (χ1) is 9.50. The van der Waals surface area contributed by atoms with Crippen LogP contribution in [0, 0.1) is 0 Å². The van der Waals surface area contributed by atoms with E-state index in [0.29, 0.717) is 4.90 Å². The Morgan fingerprint density at radius 2 is 1.60 bits per heavy atom. The van der Waals surface area contributed by atoms with Crippen molar-refractivity contribution < 1.29 is 8.42 Å². The Bertz CT molecular complexity index is 649. The molecule has 0 bridgehead atoms. The lowest BCUT2D eigenvalue weighted by Gasteiger charge is -2.19. The van der Waals surface area contributed by atoms with Crippen LogP contribution in [0.5, 0.6) is 0 Å². The molecule has 0 heterocycles. The van der Waals surface area contributed by atoms with Gasteiger partial charge in [-0.05, 0) is 36.2 Å². The third-order valence-corrected chi connectivity index (χ3v) is 4.36. The zero-order chi connectivity index (χ0) is 14.6. The molecule has 0 amide bonds. The van der Waals surface area contributed by atoms with Gasteiger partial charge in [0.15, 0.2) is 9.84 Å². The van der Waals surface area contributed by atoms with Crippen LogP contribution in [0.15, 0.2) is 59.5 Å². The van der Waals surface area contributed by atoms with Crippen LogP contribution in [-0.2, 0) is 9.84 Å². The molecule has 0 spiro atoms. The van der Waals surface area contributed by atoms with E-state index in [4.69, 9.17) is 0 Å². The van der Waals surface area contributed by atoms with Gasteiger partial charge in [-0.3, -0.25) is 0 Å². The van der Waals surface area contributed by atoms with Gasteiger partial charge in [0, 0.05) is 11.9 Å². The minimum Gasteiger partial charge on any atom is -0.378 e. The highest BCUT2D eigenvalue weighted by Crippen LogP contribution is 2.23. The van der Waals surface area contributed by atoms with E-state index in [1.165, 1.54) is 11.8 Å². The summed E-state index contributed by atoms with van der Waals surface area (Å²) in [5, 5.41) is 3.43. The van der Waals surface area contributed by atoms with Crippen molar-refractivity contribution in [2.75, 3.05) is 11.6 Å². The number of anilines is 1. The standard InChI is InChI=1S/C16H19NO2S/c1-3-16(13-7-5-4-6-8-13)17-14-9-11-15(12-10-14)20(2,18)19/h4-12,16-17H,3H2,1-2H3.